The van der Waals surface area contributed by atoms with Gasteiger partial charge < -0.3 is 0 Å². The standard InChI is InChI=1S/C26H24ClN9/c1-17-32-33-25-26(10-11-26)31-24(18-4-7-21(27)8-5-18)22-14-19(6-9-23(22)36(17)25)20-15-30-35(16-20)13-3-2-12-29-34-28/h4-9,14-16H,2-3,10-13H2,1H3. The molecule has 0 unspecified atom stereocenters. The van der Waals surface area contributed by atoms with Crippen LogP contribution in [0, 0.1) is 6.92 Å². The van der Waals surface area contributed by atoms with E-state index in [9.17, 15) is 0 Å². The van der Waals surface area contributed by atoms with Crippen molar-refractivity contribution >= 4 is 17.3 Å². The minimum absolute atomic E-state index is 0.337. The van der Waals surface area contributed by atoms with E-state index in [2.05, 4.69) is 54.3 Å². The van der Waals surface area contributed by atoms with Gasteiger partial charge in [-0.25, -0.2) is 0 Å². The zero-order chi connectivity index (χ0) is 24.7. The first-order valence-electron chi connectivity index (χ1n) is 12.0. The normalized spacial score (nSPS) is 15.0. The predicted molar refractivity (Wildman–Crippen MR) is 139 cm³/mol. The van der Waals surface area contributed by atoms with Crippen molar-refractivity contribution in [3.63, 3.8) is 0 Å². The number of hydrogen-bond donors (Lipinski definition) is 0. The molecule has 9 nitrogen and oxygen atoms in total. The molecule has 0 amide bonds. The van der Waals surface area contributed by atoms with Crippen LogP contribution in [0.25, 0.3) is 27.3 Å². The summed E-state index contributed by atoms with van der Waals surface area (Å²) in [5.74, 6) is 1.76. The largest absolute Gasteiger partial charge is 0.280 e. The van der Waals surface area contributed by atoms with Crippen LogP contribution in [0.2, 0.25) is 5.02 Å². The van der Waals surface area contributed by atoms with Gasteiger partial charge in [0.05, 0.1) is 17.6 Å². The summed E-state index contributed by atoms with van der Waals surface area (Å²) in [6.45, 7) is 3.27. The first-order chi connectivity index (χ1) is 17.6. The lowest BCUT2D eigenvalue weighted by Crippen LogP contribution is -2.11. The van der Waals surface area contributed by atoms with Gasteiger partial charge in [0.1, 0.15) is 11.4 Å². The Hall–Kier alpha value is -3.94. The molecule has 1 spiro atoms. The molecule has 2 aromatic heterocycles. The van der Waals surface area contributed by atoms with E-state index in [1.165, 1.54) is 0 Å². The van der Waals surface area contributed by atoms with Crippen molar-refractivity contribution < 1.29 is 0 Å². The lowest BCUT2D eigenvalue weighted by atomic mass is 9.96. The third-order valence-corrected chi connectivity index (χ3v) is 7.08. The fourth-order valence-electron chi connectivity index (χ4n) is 4.79. The number of azide groups is 1. The molecule has 10 heteroatoms. The second-order valence-corrected chi connectivity index (χ2v) is 9.73. The molecule has 1 aliphatic heterocycles. The van der Waals surface area contributed by atoms with Crippen molar-refractivity contribution in [1.82, 2.24) is 24.5 Å². The van der Waals surface area contributed by atoms with Gasteiger partial charge in [0.15, 0.2) is 5.82 Å². The van der Waals surface area contributed by atoms with Crippen molar-refractivity contribution in [1.29, 1.82) is 0 Å². The van der Waals surface area contributed by atoms with Gasteiger partial charge in [-0.3, -0.25) is 14.2 Å². The molecule has 1 saturated carbocycles. The number of unbranched alkanes of at least 4 members (excludes halogenated alkanes) is 1. The van der Waals surface area contributed by atoms with E-state index in [4.69, 9.17) is 22.1 Å². The molecular formula is C26H24ClN9. The van der Waals surface area contributed by atoms with E-state index in [0.717, 1.165) is 77.5 Å². The third kappa shape index (κ3) is 3.96. The lowest BCUT2D eigenvalue weighted by molar-refractivity contribution is 0.561. The maximum absolute atomic E-state index is 8.42. The topological polar surface area (TPSA) is 110 Å². The van der Waals surface area contributed by atoms with Crippen LogP contribution in [0.5, 0.6) is 0 Å². The molecule has 0 radical (unpaired) electrons. The number of aromatic nitrogens is 5. The minimum atomic E-state index is -0.337. The minimum Gasteiger partial charge on any atom is -0.280 e. The molecule has 2 aromatic carbocycles. The maximum atomic E-state index is 8.42. The Labute approximate surface area is 213 Å². The second-order valence-electron chi connectivity index (χ2n) is 9.29. The first kappa shape index (κ1) is 22.5. The summed E-state index contributed by atoms with van der Waals surface area (Å²) < 4.78 is 4.10. The quantitative estimate of drug-likeness (QED) is 0.135. The molecular weight excluding hydrogens is 474 g/mol. The van der Waals surface area contributed by atoms with E-state index in [0.29, 0.717) is 11.6 Å². The van der Waals surface area contributed by atoms with E-state index in [1.807, 2.05) is 42.1 Å². The SMILES string of the molecule is Cc1nnc2n1-c1ccc(-c3cnn(CCCCN=[N+]=[N-])c3)cc1C(c1ccc(Cl)cc1)=NC21CC1. The first-order valence-corrected chi connectivity index (χ1v) is 12.4. The van der Waals surface area contributed by atoms with E-state index in [1.54, 1.807) is 0 Å². The van der Waals surface area contributed by atoms with Gasteiger partial charge in [0, 0.05) is 45.9 Å². The van der Waals surface area contributed by atoms with Crippen LogP contribution in [0.3, 0.4) is 0 Å². The van der Waals surface area contributed by atoms with E-state index in [-0.39, 0.29) is 5.54 Å². The molecule has 4 aromatic rings. The van der Waals surface area contributed by atoms with Crippen LogP contribution in [0.15, 0.2) is 65.0 Å². The number of aryl methyl sites for hydroxylation is 2. The van der Waals surface area contributed by atoms with Crippen molar-refractivity contribution in [2.75, 3.05) is 6.54 Å². The van der Waals surface area contributed by atoms with Crippen molar-refractivity contribution in [2.24, 2.45) is 10.1 Å². The van der Waals surface area contributed by atoms with Gasteiger partial charge in [-0.2, -0.15) is 5.10 Å². The highest BCUT2D eigenvalue weighted by atomic mass is 35.5. The summed E-state index contributed by atoms with van der Waals surface area (Å²) in [6, 6.07) is 14.3. The Balaban J connectivity index is 1.42. The summed E-state index contributed by atoms with van der Waals surface area (Å²) >= 11 is 6.20. The Kier molecular flexibility index (Phi) is 5.59. The highest BCUT2D eigenvalue weighted by Crippen LogP contribution is 2.51. The summed E-state index contributed by atoms with van der Waals surface area (Å²) in [4.78, 5) is 8.12. The lowest BCUT2D eigenvalue weighted by Gasteiger charge is -2.14. The molecule has 0 N–H and O–H groups in total. The average Bonchev–Trinajstić information content (AvgIpc) is 3.36. The smallest absolute Gasteiger partial charge is 0.165 e. The molecule has 0 saturated heterocycles. The van der Waals surface area contributed by atoms with Gasteiger partial charge in [0.25, 0.3) is 0 Å². The molecule has 0 bridgehead atoms. The number of halogens is 1. The zero-order valence-corrected chi connectivity index (χ0v) is 20.6. The fourth-order valence-corrected chi connectivity index (χ4v) is 4.92. The monoisotopic (exact) mass is 497 g/mol. The number of benzene rings is 2. The van der Waals surface area contributed by atoms with E-state index >= 15 is 0 Å². The highest BCUT2D eigenvalue weighted by molar-refractivity contribution is 6.30. The molecule has 180 valence electrons. The van der Waals surface area contributed by atoms with Crippen LogP contribution in [-0.2, 0) is 12.1 Å². The Morgan fingerprint density at radius 1 is 1.06 bits per heavy atom. The van der Waals surface area contributed by atoms with Crippen LogP contribution >= 0.6 is 11.6 Å². The molecule has 6 rings (SSSR count). The Morgan fingerprint density at radius 3 is 2.64 bits per heavy atom. The van der Waals surface area contributed by atoms with Crippen molar-refractivity contribution in [3.05, 3.63) is 93.1 Å². The summed E-state index contributed by atoms with van der Waals surface area (Å²) in [5.41, 5.74) is 14.2. The fraction of sp³-hybridized carbons (Fsp3) is 0.308. The molecule has 36 heavy (non-hydrogen) atoms. The average molecular weight is 498 g/mol. The summed E-state index contributed by atoms with van der Waals surface area (Å²) in [5, 5.41) is 17.8. The maximum Gasteiger partial charge on any atom is 0.165 e. The molecule has 2 aliphatic rings. The van der Waals surface area contributed by atoms with Crippen LogP contribution in [0.1, 0.15) is 48.5 Å². The molecule has 0 atom stereocenters. The van der Waals surface area contributed by atoms with Gasteiger partial charge in [0.2, 0.25) is 0 Å². The Bertz CT molecular complexity index is 1520. The highest BCUT2D eigenvalue weighted by Gasteiger charge is 2.51. The van der Waals surface area contributed by atoms with Crippen LogP contribution in [0.4, 0.5) is 0 Å². The molecule has 1 aliphatic carbocycles. The number of fused-ring (bicyclic) bond motifs is 4. The number of hydrogen-bond acceptors (Lipinski definition) is 5. The second kappa shape index (κ2) is 8.93. The van der Waals surface area contributed by atoms with Crippen LogP contribution < -0.4 is 0 Å². The van der Waals surface area contributed by atoms with Gasteiger partial charge in [-0.15, -0.1) is 10.2 Å². The molecule has 1 fully saturated rings. The third-order valence-electron chi connectivity index (χ3n) is 6.83. The van der Waals surface area contributed by atoms with E-state index < -0.39 is 0 Å². The van der Waals surface area contributed by atoms with Gasteiger partial charge >= 0.3 is 0 Å². The number of aliphatic imine (C=N–C) groups is 1. The van der Waals surface area contributed by atoms with Crippen molar-refractivity contribution in [2.45, 2.75) is 44.7 Å². The zero-order valence-electron chi connectivity index (χ0n) is 19.8. The van der Waals surface area contributed by atoms with Crippen molar-refractivity contribution in [3.8, 4) is 16.8 Å². The number of nitrogens with zero attached hydrogens (tertiary/aromatic N) is 9. The summed E-state index contributed by atoms with van der Waals surface area (Å²) in [7, 11) is 0. The summed E-state index contributed by atoms with van der Waals surface area (Å²) in [6.07, 6.45) is 7.59. The predicted octanol–water partition coefficient (Wildman–Crippen LogP) is 6.02. The molecule has 3 heterocycles. The van der Waals surface area contributed by atoms with Gasteiger partial charge in [-0.05, 0) is 68.0 Å². The number of rotatable bonds is 7. The van der Waals surface area contributed by atoms with Crippen LogP contribution in [-0.4, -0.2) is 36.8 Å². The van der Waals surface area contributed by atoms with Gasteiger partial charge in [-0.1, -0.05) is 34.9 Å². The Morgan fingerprint density at radius 2 is 1.86 bits per heavy atom.